The van der Waals surface area contributed by atoms with Gasteiger partial charge in [0.2, 0.25) is 0 Å². The summed E-state index contributed by atoms with van der Waals surface area (Å²) in [7, 11) is 5.82. The first-order valence-corrected chi connectivity index (χ1v) is 10.4. The maximum absolute atomic E-state index is 6.24. The van der Waals surface area contributed by atoms with Crippen LogP contribution in [0.1, 0.15) is 30.4 Å². The molecule has 1 saturated carbocycles. The van der Waals surface area contributed by atoms with Crippen molar-refractivity contribution < 1.29 is 26.4 Å². The van der Waals surface area contributed by atoms with Crippen LogP contribution in [-0.4, -0.2) is 50.9 Å². The van der Waals surface area contributed by atoms with Crippen LogP contribution in [0, 0.1) is 0 Å². The third-order valence-electron chi connectivity index (χ3n) is 6.19. The Hall–Kier alpha value is -1.46. The molecule has 2 unspecified atom stereocenters. The first kappa shape index (κ1) is 26.6. The van der Waals surface area contributed by atoms with Crippen molar-refractivity contribution in [3.8, 4) is 11.5 Å². The molecule has 2 aromatic carbocycles. The molecule has 0 saturated heterocycles. The molecule has 0 heterocycles. The molecule has 3 rings (SSSR count). The van der Waals surface area contributed by atoms with Crippen molar-refractivity contribution in [2.75, 3.05) is 34.4 Å². The molecule has 0 aliphatic heterocycles. The van der Waals surface area contributed by atoms with E-state index in [1.54, 1.807) is 14.2 Å². The van der Waals surface area contributed by atoms with Crippen LogP contribution in [0.3, 0.4) is 0 Å². The molecule has 0 amide bonds. The highest BCUT2D eigenvalue weighted by molar-refractivity contribution is 5.85. The fraction of sp³-hybridized carbons (Fsp3) is 0.500. The number of rotatable bonds is 11. The molecule has 0 aromatic heterocycles. The van der Waals surface area contributed by atoms with Crippen molar-refractivity contribution in [2.45, 2.75) is 44.2 Å². The van der Waals surface area contributed by atoms with Gasteiger partial charge in [0.25, 0.3) is 0 Å². The number of methoxy groups -OCH3 is 2. The lowest BCUT2D eigenvalue weighted by atomic mass is 10.1. The largest absolute Gasteiger partial charge is 1.00 e. The monoisotopic (exact) mass is 454 g/mol. The van der Waals surface area contributed by atoms with Gasteiger partial charge >= 0.3 is 0 Å². The normalized spacial score (nSPS) is 17.5. The number of hydrogen-bond acceptors (Lipinski definition) is 3. The molecule has 0 radical (unpaired) electrons. The minimum atomic E-state index is 0. The Balaban J connectivity index is 0.00000225. The van der Waals surface area contributed by atoms with E-state index in [1.165, 1.54) is 43.5 Å². The van der Waals surface area contributed by atoms with E-state index in [0.29, 0.717) is 12.1 Å². The summed E-state index contributed by atoms with van der Waals surface area (Å²) >= 11 is 0. The van der Waals surface area contributed by atoms with E-state index in [-0.39, 0.29) is 24.8 Å². The Morgan fingerprint density at radius 1 is 0.833 bits per heavy atom. The predicted molar refractivity (Wildman–Crippen MR) is 122 cm³/mol. The number of hydrogen-bond donors (Lipinski definition) is 1. The van der Waals surface area contributed by atoms with Crippen LogP contribution in [0.25, 0.3) is 0 Å². The standard InChI is InChI=1S/C24H35N2O2.2ClH/c1-26(24-18-23(24)25,16-4-6-19-8-12-21(27-2)13-9-19)17-5-7-20-10-14-22(28-3)15-11-20;;/h8-15,23-24H,4-7,16-18,25H2,1-3H3;2*1H/q+1;;/p-1. The first-order valence-electron chi connectivity index (χ1n) is 10.4. The summed E-state index contributed by atoms with van der Waals surface area (Å²) in [5, 5.41) is 0. The summed E-state index contributed by atoms with van der Waals surface area (Å²) in [6, 6.07) is 17.9. The van der Waals surface area contributed by atoms with Gasteiger partial charge in [0, 0.05) is 19.3 Å². The summed E-state index contributed by atoms with van der Waals surface area (Å²) < 4.78 is 11.6. The maximum Gasteiger partial charge on any atom is 0.118 e. The van der Waals surface area contributed by atoms with Gasteiger partial charge in [0.15, 0.2) is 0 Å². The molecule has 2 atom stereocenters. The van der Waals surface area contributed by atoms with Crippen molar-refractivity contribution in [3.05, 3.63) is 59.7 Å². The molecule has 1 fully saturated rings. The quantitative estimate of drug-likeness (QED) is 0.519. The molecule has 4 nitrogen and oxygen atoms in total. The molecule has 1 aliphatic carbocycles. The van der Waals surface area contributed by atoms with Crippen molar-refractivity contribution in [1.29, 1.82) is 0 Å². The highest BCUT2D eigenvalue weighted by atomic mass is 35.5. The zero-order valence-corrected chi connectivity index (χ0v) is 19.9. The maximum atomic E-state index is 6.24. The summed E-state index contributed by atoms with van der Waals surface area (Å²) in [5.41, 5.74) is 9.00. The van der Waals surface area contributed by atoms with Crippen molar-refractivity contribution in [3.63, 3.8) is 0 Å². The molecule has 30 heavy (non-hydrogen) atoms. The van der Waals surface area contributed by atoms with Gasteiger partial charge in [-0.25, -0.2) is 0 Å². The lowest BCUT2D eigenvalue weighted by Gasteiger charge is -2.35. The number of benzene rings is 2. The fourth-order valence-corrected chi connectivity index (χ4v) is 4.23. The van der Waals surface area contributed by atoms with Gasteiger partial charge in [-0.1, -0.05) is 24.3 Å². The summed E-state index contributed by atoms with van der Waals surface area (Å²) in [6.45, 7) is 2.38. The van der Waals surface area contributed by atoms with Crippen LogP contribution in [0.15, 0.2) is 48.5 Å². The van der Waals surface area contributed by atoms with Gasteiger partial charge in [-0.05, 0) is 48.2 Å². The van der Waals surface area contributed by atoms with E-state index in [2.05, 4.69) is 55.6 Å². The highest BCUT2D eigenvalue weighted by Crippen LogP contribution is 2.32. The summed E-state index contributed by atoms with van der Waals surface area (Å²) in [4.78, 5) is 0. The van der Waals surface area contributed by atoms with Crippen LogP contribution < -0.4 is 27.6 Å². The molecule has 0 spiro atoms. The van der Waals surface area contributed by atoms with Gasteiger partial charge in [0.1, 0.15) is 17.5 Å². The smallest absolute Gasteiger partial charge is 0.118 e. The Kier molecular flexibility index (Phi) is 11.0. The first-order chi connectivity index (χ1) is 13.5. The Labute approximate surface area is 194 Å². The number of ether oxygens (including phenoxy) is 2. The van der Waals surface area contributed by atoms with Crippen LogP contribution >= 0.6 is 12.4 Å². The minimum Gasteiger partial charge on any atom is -1.00 e. The van der Waals surface area contributed by atoms with Gasteiger partial charge < -0.3 is 32.1 Å². The van der Waals surface area contributed by atoms with E-state index in [0.717, 1.165) is 28.8 Å². The Morgan fingerprint density at radius 3 is 1.50 bits per heavy atom. The van der Waals surface area contributed by atoms with E-state index < -0.39 is 0 Å². The van der Waals surface area contributed by atoms with Crippen molar-refractivity contribution >= 4 is 12.4 Å². The van der Waals surface area contributed by atoms with E-state index >= 15 is 0 Å². The van der Waals surface area contributed by atoms with Crippen molar-refractivity contribution in [2.24, 2.45) is 5.73 Å². The molecule has 0 bridgehead atoms. The SMILES string of the molecule is COc1ccc(CCC[N+](C)(CCCc2ccc(OC)cc2)C2CC2N)cc1.Cl.[Cl-]. The Bertz CT molecular complexity index is 684. The predicted octanol–water partition coefficient (Wildman–Crippen LogP) is 1.24. The fourth-order valence-electron chi connectivity index (χ4n) is 4.23. The minimum absolute atomic E-state index is 0. The second kappa shape index (κ2) is 12.4. The van der Waals surface area contributed by atoms with Crippen LogP contribution in [-0.2, 0) is 12.8 Å². The second-order valence-electron chi connectivity index (χ2n) is 8.30. The summed E-state index contributed by atoms with van der Waals surface area (Å²) in [5.74, 6) is 1.85. The molecule has 168 valence electrons. The molecular weight excluding hydrogens is 419 g/mol. The number of quaternary nitrogens is 1. The number of halogens is 2. The van der Waals surface area contributed by atoms with Crippen LogP contribution in [0.5, 0.6) is 11.5 Å². The number of nitrogens with zero attached hydrogens (tertiary/aromatic N) is 1. The Morgan fingerprint density at radius 2 is 1.20 bits per heavy atom. The third kappa shape index (κ3) is 7.35. The van der Waals surface area contributed by atoms with E-state index in [4.69, 9.17) is 15.2 Å². The number of nitrogens with two attached hydrogens (primary N) is 1. The van der Waals surface area contributed by atoms with Gasteiger partial charge in [-0.15, -0.1) is 12.4 Å². The highest BCUT2D eigenvalue weighted by Gasteiger charge is 2.48. The zero-order valence-electron chi connectivity index (χ0n) is 18.4. The lowest BCUT2D eigenvalue weighted by Crippen LogP contribution is -3.00. The molecular formula is C24H36Cl2N2O2. The second-order valence-corrected chi connectivity index (χ2v) is 8.30. The lowest BCUT2D eigenvalue weighted by molar-refractivity contribution is -0.920. The molecule has 2 N–H and O–H groups in total. The average molecular weight is 455 g/mol. The molecule has 6 heteroatoms. The molecule has 1 aliphatic rings. The van der Waals surface area contributed by atoms with Gasteiger partial charge in [-0.2, -0.15) is 0 Å². The van der Waals surface area contributed by atoms with Gasteiger partial charge in [0.05, 0.1) is 40.4 Å². The van der Waals surface area contributed by atoms with E-state index in [1.807, 2.05) is 0 Å². The number of aryl methyl sites for hydroxylation is 2. The van der Waals surface area contributed by atoms with Crippen molar-refractivity contribution in [1.82, 2.24) is 0 Å². The average Bonchev–Trinajstić information content (AvgIpc) is 3.47. The van der Waals surface area contributed by atoms with Crippen LogP contribution in [0.4, 0.5) is 0 Å². The third-order valence-corrected chi connectivity index (χ3v) is 6.19. The zero-order chi connectivity index (χ0) is 20.0. The van der Waals surface area contributed by atoms with E-state index in [9.17, 15) is 0 Å². The van der Waals surface area contributed by atoms with Crippen LogP contribution in [0.2, 0.25) is 0 Å². The molecule has 2 aromatic rings. The van der Waals surface area contributed by atoms with Gasteiger partial charge in [-0.3, -0.25) is 0 Å². The topological polar surface area (TPSA) is 44.5 Å². The summed E-state index contributed by atoms with van der Waals surface area (Å²) in [6.07, 6.45) is 5.77. The number of likely N-dealkylation sites (N-methyl/N-ethyl adjacent to an activating group) is 1.